The minimum atomic E-state index is -0.724. The number of ether oxygens (including phenoxy) is 1. The number of hydroxylamine groups is 1. The summed E-state index contributed by atoms with van der Waals surface area (Å²) < 4.78 is 4.49. The van der Waals surface area contributed by atoms with E-state index in [-0.39, 0.29) is 13.2 Å². The Morgan fingerprint density at radius 3 is 2.58 bits per heavy atom. The summed E-state index contributed by atoms with van der Waals surface area (Å²) >= 11 is 0. The van der Waals surface area contributed by atoms with E-state index in [0.29, 0.717) is 11.6 Å². The highest BCUT2D eigenvalue weighted by Gasteiger charge is 2.05. The van der Waals surface area contributed by atoms with Crippen molar-refractivity contribution in [1.29, 1.82) is 0 Å². The molecule has 2 amide bonds. The molecule has 0 radical (unpaired) electrons. The second-order valence-corrected chi connectivity index (χ2v) is 1.68. The second kappa shape index (κ2) is 6.41. The zero-order chi connectivity index (χ0) is 9.40. The van der Waals surface area contributed by atoms with Crippen molar-refractivity contribution in [2.24, 2.45) is 0 Å². The Labute approximate surface area is 70.3 Å². The maximum absolute atomic E-state index is 10.7. The Kier molecular flexibility index (Phi) is 5.72. The molecule has 70 valence electrons. The van der Waals surface area contributed by atoms with Gasteiger partial charge < -0.3 is 4.74 Å². The Bertz CT molecular complexity index is 150. The highest BCUT2D eigenvalue weighted by molar-refractivity contribution is 5.68. The smallest absolute Gasteiger partial charge is 0.428 e. The van der Waals surface area contributed by atoms with Crippen LogP contribution in [0.1, 0.15) is 13.8 Å². The van der Waals surface area contributed by atoms with Gasteiger partial charge in [-0.1, -0.05) is 0 Å². The molecule has 0 spiro atoms. The van der Waals surface area contributed by atoms with Crippen molar-refractivity contribution in [3.8, 4) is 0 Å². The summed E-state index contributed by atoms with van der Waals surface area (Å²) in [6.45, 7) is 3.87. The lowest BCUT2D eigenvalue weighted by Gasteiger charge is -2.15. The fraction of sp³-hybridized carbons (Fsp3) is 0.667. The first kappa shape index (κ1) is 10.7. The summed E-state index contributed by atoms with van der Waals surface area (Å²) in [5, 5.41) is 0.651. The van der Waals surface area contributed by atoms with Crippen LogP contribution in [0.4, 0.5) is 4.79 Å². The molecule has 0 aliphatic rings. The molecule has 0 aliphatic carbocycles. The molecule has 6 heteroatoms. The van der Waals surface area contributed by atoms with E-state index in [1.165, 1.54) is 0 Å². The number of hydrogen-bond donors (Lipinski definition) is 1. The van der Waals surface area contributed by atoms with Crippen LogP contribution in [0, 0.1) is 0 Å². The lowest BCUT2D eigenvalue weighted by molar-refractivity contribution is -0.185. The van der Waals surface area contributed by atoms with Crippen LogP contribution < -0.4 is 5.43 Å². The van der Waals surface area contributed by atoms with Crippen LogP contribution in [0.3, 0.4) is 0 Å². The standard InChI is InChI=1S/C6H12N2O4/c1-3-11-6(10)7-8(5-9)12-4-2/h5H,3-4H2,1-2H3,(H,7,10). The average Bonchev–Trinajstić information content (AvgIpc) is 2.04. The molecule has 0 aromatic carbocycles. The quantitative estimate of drug-likeness (QED) is 0.475. The largest absolute Gasteiger partial charge is 0.449 e. The van der Waals surface area contributed by atoms with Crippen LogP contribution in [-0.4, -0.2) is 30.9 Å². The Morgan fingerprint density at radius 2 is 2.17 bits per heavy atom. The first-order valence-corrected chi connectivity index (χ1v) is 3.55. The van der Waals surface area contributed by atoms with Crippen molar-refractivity contribution >= 4 is 12.5 Å². The molecular weight excluding hydrogens is 164 g/mol. The number of hydrazine groups is 1. The van der Waals surface area contributed by atoms with Crippen LogP contribution in [0.25, 0.3) is 0 Å². The number of nitrogens with one attached hydrogen (secondary N) is 1. The third kappa shape index (κ3) is 4.51. The Hall–Kier alpha value is -1.30. The van der Waals surface area contributed by atoms with Gasteiger partial charge in [0.1, 0.15) is 0 Å². The molecule has 0 saturated heterocycles. The predicted octanol–water partition coefficient (Wildman–Crippen LogP) is 0.0574. The predicted molar refractivity (Wildman–Crippen MR) is 39.7 cm³/mol. The number of hydrogen-bond acceptors (Lipinski definition) is 4. The number of amides is 2. The van der Waals surface area contributed by atoms with E-state index in [1.54, 1.807) is 13.8 Å². The van der Waals surface area contributed by atoms with Crippen molar-refractivity contribution in [2.45, 2.75) is 13.8 Å². The van der Waals surface area contributed by atoms with Gasteiger partial charge in [-0.15, -0.1) is 5.17 Å². The highest BCUT2D eigenvalue weighted by atomic mass is 16.7. The van der Waals surface area contributed by atoms with E-state index in [1.807, 2.05) is 0 Å². The van der Waals surface area contributed by atoms with Gasteiger partial charge in [0, 0.05) is 0 Å². The molecule has 0 aromatic rings. The van der Waals surface area contributed by atoms with Crippen molar-refractivity contribution in [2.75, 3.05) is 13.2 Å². The molecular formula is C6H12N2O4. The van der Waals surface area contributed by atoms with E-state index in [4.69, 9.17) is 0 Å². The molecule has 0 heterocycles. The van der Waals surface area contributed by atoms with Crippen molar-refractivity contribution in [3.63, 3.8) is 0 Å². The molecule has 0 bridgehead atoms. The summed E-state index contributed by atoms with van der Waals surface area (Å²) in [7, 11) is 0. The van der Waals surface area contributed by atoms with E-state index < -0.39 is 6.09 Å². The fourth-order valence-corrected chi connectivity index (χ4v) is 0.481. The second-order valence-electron chi connectivity index (χ2n) is 1.68. The maximum atomic E-state index is 10.7. The van der Waals surface area contributed by atoms with Gasteiger partial charge >= 0.3 is 6.09 Å². The summed E-state index contributed by atoms with van der Waals surface area (Å²) in [5.74, 6) is 0. The summed E-state index contributed by atoms with van der Waals surface area (Å²) in [6.07, 6.45) is -0.390. The van der Waals surface area contributed by atoms with Gasteiger partial charge in [-0.2, -0.15) is 0 Å². The van der Waals surface area contributed by atoms with Gasteiger partial charge in [-0.25, -0.2) is 10.2 Å². The van der Waals surface area contributed by atoms with Gasteiger partial charge in [0.15, 0.2) is 0 Å². The molecule has 0 fully saturated rings. The lowest BCUT2D eigenvalue weighted by atomic mass is 10.9. The van der Waals surface area contributed by atoms with Gasteiger partial charge in [-0.05, 0) is 13.8 Å². The van der Waals surface area contributed by atoms with E-state index >= 15 is 0 Å². The molecule has 0 aromatic heterocycles. The number of rotatable bonds is 5. The zero-order valence-corrected chi connectivity index (χ0v) is 7.07. The summed E-state index contributed by atoms with van der Waals surface area (Å²) in [5.41, 5.74) is 2.05. The maximum Gasteiger partial charge on any atom is 0.428 e. The molecule has 0 rings (SSSR count). The molecule has 0 aliphatic heterocycles. The van der Waals surface area contributed by atoms with Gasteiger partial charge in [0.25, 0.3) is 6.41 Å². The van der Waals surface area contributed by atoms with Crippen molar-refractivity contribution in [1.82, 2.24) is 10.6 Å². The molecule has 0 unspecified atom stereocenters. The monoisotopic (exact) mass is 176 g/mol. The zero-order valence-electron chi connectivity index (χ0n) is 7.07. The molecule has 1 N–H and O–H groups in total. The van der Waals surface area contributed by atoms with Gasteiger partial charge in [0.2, 0.25) is 0 Å². The molecule has 0 atom stereocenters. The van der Waals surface area contributed by atoms with E-state index in [9.17, 15) is 9.59 Å². The Morgan fingerprint density at radius 1 is 1.50 bits per heavy atom. The van der Waals surface area contributed by atoms with Gasteiger partial charge in [0.05, 0.1) is 13.2 Å². The summed E-state index contributed by atoms with van der Waals surface area (Å²) in [6, 6.07) is 0. The highest BCUT2D eigenvalue weighted by Crippen LogP contribution is 1.82. The summed E-state index contributed by atoms with van der Waals surface area (Å²) in [4.78, 5) is 25.5. The molecule has 6 nitrogen and oxygen atoms in total. The van der Waals surface area contributed by atoms with Crippen LogP contribution in [0.15, 0.2) is 0 Å². The van der Waals surface area contributed by atoms with Crippen molar-refractivity contribution < 1.29 is 19.2 Å². The Balaban J connectivity index is 3.68. The van der Waals surface area contributed by atoms with E-state index in [0.717, 1.165) is 0 Å². The molecule has 12 heavy (non-hydrogen) atoms. The van der Waals surface area contributed by atoms with Gasteiger partial charge in [-0.3, -0.25) is 9.63 Å². The minimum Gasteiger partial charge on any atom is -0.449 e. The van der Waals surface area contributed by atoms with Crippen molar-refractivity contribution in [3.05, 3.63) is 0 Å². The van der Waals surface area contributed by atoms with E-state index in [2.05, 4.69) is 15.0 Å². The number of carbonyl (C=O) groups excluding carboxylic acids is 2. The van der Waals surface area contributed by atoms with Crippen LogP contribution in [-0.2, 0) is 14.4 Å². The van der Waals surface area contributed by atoms with Crippen LogP contribution in [0.5, 0.6) is 0 Å². The topological polar surface area (TPSA) is 67.9 Å². The normalized spacial score (nSPS) is 8.83. The molecule has 0 saturated carbocycles. The lowest BCUT2D eigenvalue weighted by Crippen LogP contribution is -2.41. The van der Waals surface area contributed by atoms with Crippen LogP contribution >= 0.6 is 0 Å². The SMILES string of the molecule is CCOC(=O)NN(C=O)OCC. The third-order valence-electron chi connectivity index (χ3n) is 0.841. The first-order valence-electron chi connectivity index (χ1n) is 3.55. The third-order valence-corrected chi connectivity index (χ3v) is 0.841. The number of carbonyl (C=O) groups is 2. The average molecular weight is 176 g/mol. The number of nitrogens with zero attached hydrogens (tertiary/aromatic N) is 1. The first-order chi connectivity index (χ1) is 5.74. The minimum absolute atomic E-state index is 0.241. The fourth-order valence-electron chi connectivity index (χ4n) is 0.481. The van der Waals surface area contributed by atoms with Crippen LogP contribution in [0.2, 0.25) is 0 Å².